The van der Waals surface area contributed by atoms with Crippen LogP contribution in [0.1, 0.15) is 10.4 Å². The molecule has 1 aliphatic heterocycles. The van der Waals surface area contributed by atoms with Crippen molar-refractivity contribution in [1.82, 2.24) is 9.80 Å². The highest BCUT2D eigenvalue weighted by Gasteiger charge is 2.23. The number of amides is 1. The van der Waals surface area contributed by atoms with E-state index in [1.165, 1.54) is 0 Å². The molecule has 27 heavy (non-hydrogen) atoms. The maximum Gasteiger partial charge on any atom is 0.254 e. The van der Waals surface area contributed by atoms with E-state index < -0.39 is 0 Å². The molecule has 6 nitrogen and oxygen atoms in total. The van der Waals surface area contributed by atoms with Crippen LogP contribution in [0.2, 0.25) is 0 Å². The SMILES string of the molecule is COc1ccc(C(=O)N2CCN(CCOc3ccccc3)CC2)cc1OC. The number of piperazine rings is 1. The van der Waals surface area contributed by atoms with Gasteiger partial charge in [0.1, 0.15) is 12.4 Å². The van der Waals surface area contributed by atoms with Crippen molar-refractivity contribution in [1.29, 1.82) is 0 Å². The highest BCUT2D eigenvalue weighted by Crippen LogP contribution is 2.28. The smallest absolute Gasteiger partial charge is 0.254 e. The Labute approximate surface area is 160 Å². The predicted octanol–water partition coefficient (Wildman–Crippen LogP) is 2.54. The van der Waals surface area contributed by atoms with Crippen LogP contribution in [0.3, 0.4) is 0 Å². The van der Waals surface area contributed by atoms with E-state index in [4.69, 9.17) is 14.2 Å². The summed E-state index contributed by atoms with van der Waals surface area (Å²) in [4.78, 5) is 17.0. The van der Waals surface area contributed by atoms with Gasteiger partial charge in [0, 0.05) is 38.3 Å². The molecule has 0 aliphatic carbocycles. The number of ether oxygens (including phenoxy) is 3. The molecule has 1 fully saturated rings. The van der Waals surface area contributed by atoms with Gasteiger partial charge in [0.25, 0.3) is 5.91 Å². The number of nitrogens with zero attached hydrogens (tertiary/aromatic N) is 2. The molecular formula is C21H26N2O4. The second kappa shape index (κ2) is 9.28. The van der Waals surface area contributed by atoms with E-state index in [0.29, 0.717) is 36.8 Å². The lowest BCUT2D eigenvalue weighted by Crippen LogP contribution is -2.49. The van der Waals surface area contributed by atoms with Crippen molar-refractivity contribution in [3.05, 3.63) is 54.1 Å². The van der Waals surface area contributed by atoms with Gasteiger partial charge >= 0.3 is 0 Å². The van der Waals surface area contributed by atoms with Gasteiger partial charge in [0.2, 0.25) is 0 Å². The zero-order valence-corrected chi connectivity index (χ0v) is 15.9. The van der Waals surface area contributed by atoms with E-state index in [1.54, 1.807) is 32.4 Å². The van der Waals surface area contributed by atoms with Crippen molar-refractivity contribution < 1.29 is 19.0 Å². The molecule has 1 aliphatic rings. The molecule has 144 valence electrons. The molecule has 2 aromatic carbocycles. The Morgan fingerprint density at radius 2 is 1.63 bits per heavy atom. The lowest BCUT2D eigenvalue weighted by Gasteiger charge is -2.34. The summed E-state index contributed by atoms with van der Waals surface area (Å²) < 4.78 is 16.3. The second-order valence-corrected chi connectivity index (χ2v) is 6.37. The molecule has 0 saturated carbocycles. The molecular weight excluding hydrogens is 344 g/mol. The van der Waals surface area contributed by atoms with Crippen LogP contribution in [0.5, 0.6) is 17.2 Å². The van der Waals surface area contributed by atoms with Crippen LogP contribution in [0.4, 0.5) is 0 Å². The highest BCUT2D eigenvalue weighted by atomic mass is 16.5. The van der Waals surface area contributed by atoms with Crippen LogP contribution in [0, 0.1) is 0 Å². The minimum atomic E-state index is 0.0242. The summed E-state index contributed by atoms with van der Waals surface area (Å²) in [7, 11) is 3.16. The Morgan fingerprint density at radius 1 is 0.926 bits per heavy atom. The average Bonchev–Trinajstić information content (AvgIpc) is 2.74. The number of carbonyl (C=O) groups excluding carboxylic acids is 1. The van der Waals surface area contributed by atoms with Gasteiger partial charge in [-0.2, -0.15) is 0 Å². The normalized spacial score (nSPS) is 14.7. The molecule has 0 radical (unpaired) electrons. The van der Waals surface area contributed by atoms with Crippen molar-refractivity contribution in [2.75, 3.05) is 53.6 Å². The maximum atomic E-state index is 12.8. The fraction of sp³-hybridized carbons (Fsp3) is 0.381. The van der Waals surface area contributed by atoms with Crippen LogP contribution in [0.25, 0.3) is 0 Å². The number of carbonyl (C=O) groups is 1. The molecule has 0 aromatic heterocycles. The highest BCUT2D eigenvalue weighted by molar-refractivity contribution is 5.95. The summed E-state index contributed by atoms with van der Waals surface area (Å²) in [6.45, 7) is 4.60. The van der Waals surface area contributed by atoms with Crippen LogP contribution < -0.4 is 14.2 Å². The van der Waals surface area contributed by atoms with Gasteiger partial charge in [-0.1, -0.05) is 18.2 Å². The van der Waals surface area contributed by atoms with Crippen molar-refractivity contribution in [2.24, 2.45) is 0 Å². The minimum Gasteiger partial charge on any atom is -0.493 e. The number of methoxy groups -OCH3 is 2. The third kappa shape index (κ3) is 4.92. The quantitative estimate of drug-likeness (QED) is 0.750. The zero-order chi connectivity index (χ0) is 19.1. The minimum absolute atomic E-state index is 0.0242. The second-order valence-electron chi connectivity index (χ2n) is 6.37. The van der Waals surface area contributed by atoms with Gasteiger partial charge in [0.05, 0.1) is 14.2 Å². The molecule has 0 atom stereocenters. The first kappa shape index (κ1) is 19.0. The van der Waals surface area contributed by atoms with Crippen molar-refractivity contribution in [3.8, 4) is 17.2 Å². The first-order valence-electron chi connectivity index (χ1n) is 9.13. The Kier molecular flexibility index (Phi) is 6.54. The van der Waals surface area contributed by atoms with Crippen molar-refractivity contribution >= 4 is 5.91 Å². The standard InChI is InChI=1S/C21H26N2O4/c1-25-19-9-8-17(16-20(19)26-2)21(24)23-12-10-22(11-13-23)14-15-27-18-6-4-3-5-7-18/h3-9,16H,10-15H2,1-2H3. The molecule has 1 saturated heterocycles. The Bertz CT molecular complexity index is 743. The topological polar surface area (TPSA) is 51.2 Å². The van der Waals surface area contributed by atoms with E-state index in [-0.39, 0.29) is 5.91 Å². The number of rotatable bonds is 7. The van der Waals surface area contributed by atoms with Gasteiger partial charge < -0.3 is 19.1 Å². The largest absolute Gasteiger partial charge is 0.493 e. The van der Waals surface area contributed by atoms with Gasteiger partial charge in [-0.05, 0) is 30.3 Å². The van der Waals surface area contributed by atoms with Gasteiger partial charge in [-0.15, -0.1) is 0 Å². The molecule has 1 amide bonds. The van der Waals surface area contributed by atoms with Gasteiger partial charge in [-0.3, -0.25) is 9.69 Å². The molecule has 2 aromatic rings. The molecule has 1 heterocycles. The Hall–Kier alpha value is -2.73. The third-order valence-corrected chi connectivity index (χ3v) is 4.71. The van der Waals surface area contributed by atoms with E-state index in [1.807, 2.05) is 35.2 Å². The molecule has 6 heteroatoms. The Balaban J connectivity index is 1.48. The Morgan fingerprint density at radius 3 is 2.30 bits per heavy atom. The summed E-state index contributed by atoms with van der Waals surface area (Å²) >= 11 is 0. The van der Waals surface area contributed by atoms with Crippen LogP contribution >= 0.6 is 0 Å². The summed E-state index contributed by atoms with van der Waals surface area (Å²) in [5.41, 5.74) is 0.619. The van der Waals surface area contributed by atoms with Gasteiger partial charge in [0.15, 0.2) is 11.5 Å². The fourth-order valence-electron chi connectivity index (χ4n) is 3.14. The van der Waals surface area contributed by atoms with Crippen LogP contribution in [0.15, 0.2) is 48.5 Å². The fourth-order valence-corrected chi connectivity index (χ4v) is 3.14. The molecule has 0 spiro atoms. The molecule has 0 unspecified atom stereocenters. The zero-order valence-electron chi connectivity index (χ0n) is 15.9. The monoisotopic (exact) mass is 370 g/mol. The molecule has 0 bridgehead atoms. The van der Waals surface area contributed by atoms with E-state index in [0.717, 1.165) is 25.4 Å². The van der Waals surface area contributed by atoms with E-state index in [9.17, 15) is 4.79 Å². The number of benzene rings is 2. The summed E-state index contributed by atoms with van der Waals surface area (Å²) in [6.07, 6.45) is 0. The van der Waals surface area contributed by atoms with Crippen molar-refractivity contribution in [3.63, 3.8) is 0 Å². The van der Waals surface area contributed by atoms with Crippen molar-refractivity contribution in [2.45, 2.75) is 0 Å². The number of hydrogen-bond donors (Lipinski definition) is 0. The van der Waals surface area contributed by atoms with E-state index >= 15 is 0 Å². The first-order chi connectivity index (χ1) is 13.2. The third-order valence-electron chi connectivity index (χ3n) is 4.71. The summed E-state index contributed by atoms with van der Waals surface area (Å²) in [6, 6.07) is 15.1. The first-order valence-corrected chi connectivity index (χ1v) is 9.13. The summed E-state index contributed by atoms with van der Waals surface area (Å²) in [5, 5.41) is 0. The average molecular weight is 370 g/mol. The van der Waals surface area contributed by atoms with Crippen LogP contribution in [-0.4, -0.2) is 69.3 Å². The lowest BCUT2D eigenvalue weighted by molar-refractivity contribution is 0.0620. The maximum absolute atomic E-state index is 12.8. The number of hydrogen-bond acceptors (Lipinski definition) is 5. The lowest BCUT2D eigenvalue weighted by atomic mass is 10.1. The summed E-state index contributed by atoms with van der Waals surface area (Å²) in [5.74, 6) is 2.10. The molecule has 3 rings (SSSR count). The number of para-hydroxylation sites is 1. The van der Waals surface area contributed by atoms with Gasteiger partial charge in [-0.25, -0.2) is 0 Å². The predicted molar refractivity (Wildman–Crippen MR) is 104 cm³/mol. The molecule has 0 N–H and O–H groups in total. The van der Waals surface area contributed by atoms with E-state index in [2.05, 4.69) is 4.90 Å². The van der Waals surface area contributed by atoms with Crippen LogP contribution in [-0.2, 0) is 0 Å².